The van der Waals surface area contributed by atoms with E-state index in [1.165, 1.54) is 0 Å². The lowest BCUT2D eigenvalue weighted by molar-refractivity contribution is 0.161. The number of fused-ring (bicyclic) bond motifs is 1. The van der Waals surface area contributed by atoms with Crippen molar-refractivity contribution in [3.63, 3.8) is 0 Å². The van der Waals surface area contributed by atoms with Crippen molar-refractivity contribution in [3.8, 4) is 23.1 Å². The number of aryl methyl sites for hydroxylation is 1. The highest BCUT2D eigenvalue weighted by Crippen LogP contribution is 2.34. The fourth-order valence-corrected chi connectivity index (χ4v) is 3.05. The van der Waals surface area contributed by atoms with Gasteiger partial charge in [0, 0.05) is 24.2 Å². The fourth-order valence-electron chi connectivity index (χ4n) is 3.05. The second-order valence-corrected chi connectivity index (χ2v) is 6.12. The van der Waals surface area contributed by atoms with Crippen molar-refractivity contribution in [1.82, 2.24) is 4.57 Å². The molecule has 0 unspecified atom stereocenters. The third-order valence-electron chi connectivity index (χ3n) is 4.36. The summed E-state index contributed by atoms with van der Waals surface area (Å²) in [6.07, 6.45) is 0.300. The quantitative estimate of drug-likeness (QED) is 0.714. The minimum Gasteiger partial charge on any atom is -0.497 e. The van der Waals surface area contributed by atoms with Crippen LogP contribution in [0.15, 0.2) is 42.5 Å². The van der Waals surface area contributed by atoms with Crippen molar-refractivity contribution >= 4 is 22.7 Å². The predicted octanol–water partition coefficient (Wildman–Crippen LogP) is 4.68. The summed E-state index contributed by atoms with van der Waals surface area (Å²) in [5.74, 6) is 0.740. The molecule has 0 atom stereocenters. The van der Waals surface area contributed by atoms with Gasteiger partial charge in [0.15, 0.2) is 0 Å². The van der Waals surface area contributed by atoms with Gasteiger partial charge in [-0.1, -0.05) is 19.1 Å². The molecule has 6 heteroatoms. The summed E-state index contributed by atoms with van der Waals surface area (Å²) in [7, 11) is 3.54. The van der Waals surface area contributed by atoms with Crippen LogP contribution >= 0.6 is 0 Å². The minimum atomic E-state index is -0.473. The number of benzene rings is 2. The van der Waals surface area contributed by atoms with Crippen LogP contribution < -0.4 is 10.1 Å². The normalized spacial score (nSPS) is 10.4. The number of anilines is 1. The number of methoxy groups -OCH3 is 1. The number of amides is 1. The standard InChI is InChI=1S/C21H21N3O3/c1-4-11-27-21(25)23-15-7-5-14(6-8-15)20-18(13-22)17-10-9-16(26-3)12-19(17)24(20)2/h5-10,12H,4,11H2,1-3H3,(H,23,25). The zero-order valence-electron chi connectivity index (χ0n) is 15.6. The Morgan fingerprint density at radius 2 is 1.96 bits per heavy atom. The molecular weight excluding hydrogens is 342 g/mol. The van der Waals surface area contributed by atoms with Gasteiger partial charge >= 0.3 is 6.09 Å². The molecule has 1 heterocycles. The smallest absolute Gasteiger partial charge is 0.411 e. The molecule has 0 bridgehead atoms. The van der Waals surface area contributed by atoms with Crippen LogP contribution in [-0.4, -0.2) is 24.4 Å². The first kappa shape index (κ1) is 18.3. The molecule has 27 heavy (non-hydrogen) atoms. The number of ether oxygens (including phenoxy) is 2. The van der Waals surface area contributed by atoms with Crippen LogP contribution in [0, 0.1) is 11.3 Å². The molecule has 0 saturated heterocycles. The van der Waals surface area contributed by atoms with Gasteiger partial charge in [-0.15, -0.1) is 0 Å². The number of hydrogen-bond acceptors (Lipinski definition) is 4. The number of hydrogen-bond donors (Lipinski definition) is 1. The maximum atomic E-state index is 11.7. The molecule has 138 valence electrons. The number of carbonyl (C=O) groups is 1. The molecule has 0 saturated carbocycles. The maximum absolute atomic E-state index is 11.7. The summed E-state index contributed by atoms with van der Waals surface area (Å²) in [4.78, 5) is 11.7. The van der Waals surface area contributed by atoms with Crippen LogP contribution in [0.3, 0.4) is 0 Å². The molecule has 0 radical (unpaired) electrons. The number of nitrogens with one attached hydrogen (secondary N) is 1. The molecule has 0 aliphatic rings. The highest BCUT2D eigenvalue weighted by molar-refractivity contribution is 5.95. The average molecular weight is 363 g/mol. The van der Waals surface area contributed by atoms with Crippen LogP contribution in [0.5, 0.6) is 5.75 Å². The van der Waals surface area contributed by atoms with Crippen LogP contribution in [0.4, 0.5) is 10.5 Å². The summed E-state index contributed by atoms with van der Waals surface area (Å²) >= 11 is 0. The molecule has 2 aromatic carbocycles. The van der Waals surface area contributed by atoms with Crippen LogP contribution in [0.2, 0.25) is 0 Å². The molecule has 1 amide bonds. The molecule has 0 fully saturated rings. The van der Waals surface area contributed by atoms with E-state index >= 15 is 0 Å². The monoisotopic (exact) mass is 363 g/mol. The van der Waals surface area contributed by atoms with E-state index in [2.05, 4.69) is 11.4 Å². The molecule has 0 spiro atoms. The Hall–Kier alpha value is -3.46. The third-order valence-corrected chi connectivity index (χ3v) is 4.36. The van der Waals surface area contributed by atoms with Crippen LogP contribution in [0.1, 0.15) is 18.9 Å². The van der Waals surface area contributed by atoms with Gasteiger partial charge in [0.25, 0.3) is 0 Å². The topological polar surface area (TPSA) is 76.3 Å². The summed E-state index contributed by atoms with van der Waals surface area (Å²) in [5.41, 5.74) is 3.88. The molecule has 1 N–H and O–H groups in total. The Morgan fingerprint density at radius 3 is 2.59 bits per heavy atom. The zero-order valence-corrected chi connectivity index (χ0v) is 15.6. The lowest BCUT2D eigenvalue weighted by Gasteiger charge is -2.09. The van der Waals surface area contributed by atoms with Crippen molar-refractivity contribution in [2.75, 3.05) is 19.0 Å². The van der Waals surface area contributed by atoms with Gasteiger partial charge < -0.3 is 14.0 Å². The van der Waals surface area contributed by atoms with Crippen molar-refractivity contribution in [3.05, 3.63) is 48.0 Å². The first-order valence-electron chi connectivity index (χ1n) is 8.69. The van der Waals surface area contributed by atoms with E-state index < -0.39 is 6.09 Å². The van der Waals surface area contributed by atoms with E-state index in [1.807, 2.05) is 48.9 Å². The third kappa shape index (κ3) is 3.58. The van der Waals surface area contributed by atoms with Gasteiger partial charge in [0.2, 0.25) is 0 Å². The van der Waals surface area contributed by atoms with Gasteiger partial charge in [-0.3, -0.25) is 5.32 Å². The van der Waals surface area contributed by atoms with Crippen LogP contribution in [-0.2, 0) is 11.8 Å². The molecule has 6 nitrogen and oxygen atoms in total. The molecular formula is C21H21N3O3. The number of nitrogens with zero attached hydrogens (tertiary/aromatic N) is 2. The Labute approximate surface area is 157 Å². The second kappa shape index (κ2) is 7.83. The maximum Gasteiger partial charge on any atom is 0.411 e. The SMILES string of the molecule is CCCOC(=O)Nc1ccc(-c2c(C#N)c3ccc(OC)cc3n2C)cc1. The van der Waals surface area contributed by atoms with Gasteiger partial charge in [0.05, 0.1) is 30.5 Å². The number of carbonyl (C=O) groups excluding carboxylic acids is 1. The number of rotatable bonds is 5. The number of nitriles is 1. The molecule has 3 rings (SSSR count). The van der Waals surface area contributed by atoms with Gasteiger partial charge in [0.1, 0.15) is 11.8 Å². The van der Waals surface area contributed by atoms with Crippen molar-refractivity contribution in [1.29, 1.82) is 5.26 Å². The van der Waals surface area contributed by atoms with Gasteiger partial charge in [-0.05, 0) is 36.2 Å². The van der Waals surface area contributed by atoms with Crippen LogP contribution in [0.25, 0.3) is 22.2 Å². The Balaban J connectivity index is 1.96. The first-order chi connectivity index (χ1) is 13.1. The largest absolute Gasteiger partial charge is 0.497 e. The highest BCUT2D eigenvalue weighted by Gasteiger charge is 2.17. The lowest BCUT2D eigenvalue weighted by Crippen LogP contribution is -2.13. The second-order valence-electron chi connectivity index (χ2n) is 6.12. The van der Waals surface area contributed by atoms with Crippen molar-refractivity contribution in [2.45, 2.75) is 13.3 Å². The highest BCUT2D eigenvalue weighted by atomic mass is 16.5. The Morgan fingerprint density at radius 1 is 1.22 bits per heavy atom. The Kier molecular flexibility index (Phi) is 5.32. The number of aromatic nitrogens is 1. The minimum absolute atomic E-state index is 0.384. The van der Waals surface area contributed by atoms with E-state index in [4.69, 9.17) is 9.47 Å². The first-order valence-corrected chi connectivity index (χ1v) is 8.69. The molecule has 1 aromatic heterocycles. The van der Waals surface area contributed by atoms with E-state index in [0.717, 1.165) is 34.3 Å². The van der Waals surface area contributed by atoms with Gasteiger partial charge in [-0.25, -0.2) is 4.79 Å². The van der Waals surface area contributed by atoms with E-state index in [-0.39, 0.29) is 0 Å². The average Bonchev–Trinajstić information content (AvgIpc) is 2.98. The van der Waals surface area contributed by atoms with Crippen molar-refractivity contribution < 1.29 is 14.3 Å². The van der Waals surface area contributed by atoms with Crippen molar-refractivity contribution in [2.24, 2.45) is 7.05 Å². The van der Waals surface area contributed by atoms with E-state index in [0.29, 0.717) is 17.9 Å². The van der Waals surface area contributed by atoms with Gasteiger partial charge in [-0.2, -0.15) is 5.26 Å². The molecule has 0 aliphatic heterocycles. The zero-order chi connectivity index (χ0) is 19.4. The lowest BCUT2D eigenvalue weighted by atomic mass is 10.1. The molecule has 0 aliphatic carbocycles. The predicted molar refractivity (Wildman–Crippen MR) is 105 cm³/mol. The van der Waals surface area contributed by atoms with E-state index in [9.17, 15) is 10.1 Å². The summed E-state index contributed by atoms with van der Waals surface area (Å²) < 4.78 is 12.3. The summed E-state index contributed by atoms with van der Waals surface area (Å²) in [6, 6.07) is 15.3. The summed E-state index contributed by atoms with van der Waals surface area (Å²) in [6.45, 7) is 2.32. The fraction of sp³-hybridized carbons (Fsp3) is 0.238. The molecule has 3 aromatic rings. The van der Waals surface area contributed by atoms with E-state index in [1.54, 1.807) is 19.2 Å². The summed E-state index contributed by atoms with van der Waals surface area (Å²) in [5, 5.41) is 13.3. The Bertz CT molecular complexity index is 1010.